The van der Waals surface area contributed by atoms with Gasteiger partial charge in [0.25, 0.3) is 0 Å². The maximum absolute atomic E-state index is 9.16. The van der Waals surface area contributed by atoms with Crippen molar-refractivity contribution < 1.29 is 5.11 Å². The molecule has 0 aromatic carbocycles. The molecule has 0 spiro atoms. The van der Waals surface area contributed by atoms with E-state index in [1.54, 1.807) is 6.20 Å². The molecule has 1 rings (SSSR count). The number of aliphatic hydroxyl groups excluding tert-OH is 1. The molecule has 0 aliphatic heterocycles. The predicted molar refractivity (Wildman–Crippen MR) is 75.7 cm³/mol. The topological polar surface area (TPSA) is 36.4 Å². The van der Waals surface area contributed by atoms with Crippen LogP contribution in [0, 0.1) is 0 Å². The minimum absolute atomic E-state index is 0.102. The molecule has 1 N–H and O–H groups in total. The summed E-state index contributed by atoms with van der Waals surface area (Å²) < 4.78 is 0.861. The molecule has 1 heterocycles. The van der Waals surface area contributed by atoms with Gasteiger partial charge in [-0.3, -0.25) is 0 Å². The van der Waals surface area contributed by atoms with Crippen LogP contribution in [0.4, 0.5) is 5.82 Å². The molecular formula is C12H18BrClN2O. The summed E-state index contributed by atoms with van der Waals surface area (Å²) in [5.74, 6) is 0.748. The Kier molecular flexibility index (Phi) is 6.23. The molecule has 1 aromatic rings. The van der Waals surface area contributed by atoms with E-state index in [9.17, 15) is 0 Å². The number of pyridine rings is 1. The highest BCUT2D eigenvalue weighted by atomic mass is 79.9. The number of rotatable bonds is 6. The van der Waals surface area contributed by atoms with E-state index < -0.39 is 0 Å². The lowest BCUT2D eigenvalue weighted by atomic mass is 10.1. The molecule has 0 fully saturated rings. The Morgan fingerprint density at radius 3 is 2.59 bits per heavy atom. The third kappa shape index (κ3) is 3.83. The average molecular weight is 322 g/mol. The lowest BCUT2D eigenvalue weighted by molar-refractivity contribution is 0.295. The fourth-order valence-corrected chi connectivity index (χ4v) is 2.66. The Hall–Kier alpha value is -0.320. The van der Waals surface area contributed by atoms with E-state index in [1.807, 2.05) is 6.07 Å². The molecule has 0 unspecified atom stereocenters. The van der Waals surface area contributed by atoms with Crippen molar-refractivity contribution in [1.82, 2.24) is 4.98 Å². The smallest absolute Gasteiger partial charge is 0.147 e. The van der Waals surface area contributed by atoms with Gasteiger partial charge in [-0.25, -0.2) is 4.98 Å². The fourth-order valence-electron chi connectivity index (χ4n) is 1.92. The highest BCUT2D eigenvalue weighted by molar-refractivity contribution is 9.10. The van der Waals surface area contributed by atoms with Gasteiger partial charge in [0.2, 0.25) is 0 Å². The summed E-state index contributed by atoms with van der Waals surface area (Å²) in [6.07, 6.45) is 3.74. The van der Waals surface area contributed by atoms with E-state index in [-0.39, 0.29) is 6.61 Å². The van der Waals surface area contributed by atoms with Crippen molar-refractivity contribution in [3.05, 3.63) is 21.8 Å². The quantitative estimate of drug-likeness (QED) is 0.871. The molecule has 1 aromatic heterocycles. The monoisotopic (exact) mass is 320 g/mol. The van der Waals surface area contributed by atoms with Crippen molar-refractivity contribution in [2.45, 2.75) is 32.7 Å². The van der Waals surface area contributed by atoms with Crippen LogP contribution in [0.1, 0.15) is 26.7 Å². The summed E-state index contributed by atoms with van der Waals surface area (Å²) >= 11 is 9.54. The van der Waals surface area contributed by atoms with Gasteiger partial charge in [-0.1, -0.05) is 25.4 Å². The maximum Gasteiger partial charge on any atom is 0.147 e. The van der Waals surface area contributed by atoms with Crippen LogP contribution in [0.15, 0.2) is 16.7 Å². The van der Waals surface area contributed by atoms with Crippen molar-refractivity contribution in [2.24, 2.45) is 0 Å². The van der Waals surface area contributed by atoms with Gasteiger partial charge in [0.1, 0.15) is 5.82 Å². The van der Waals surface area contributed by atoms with Crippen molar-refractivity contribution in [1.29, 1.82) is 0 Å². The van der Waals surface area contributed by atoms with Crippen LogP contribution in [0.2, 0.25) is 5.02 Å². The number of hydrogen-bond donors (Lipinski definition) is 1. The normalized spacial score (nSPS) is 10.9. The molecule has 0 aliphatic carbocycles. The Balaban J connectivity index is 3.03. The minimum atomic E-state index is 0.102. The predicted octanol–water partition coefficient (Wildman–Crippen LogP) is 3.48. The molecule has 0 bridgehead atoms. The summed E-state index contributed by atoms with van der Waals surface area (Å²) in [6.45, 7) is 4.92. The Labute approximate surface area is 116 Å². The molecule has 0 atom stereocenters. The molecule has 0 saturated carbocycles. The highest BCUT2D eigenvalue weighted by Gasteiger charge is 2.19. The Bertz CT molecular complexity index is 358. The third-order valence-corrected chi connectivity index (χ3v) is 3.50. The number of aromatic nitrogens is 1. The first-order chi connectivity index (χ1) is 8.13. The van der Waals surface area contributed by atoms with Crippen molar-refractivity contribution in [2.75, 3.05) is 18.1 Å². The summed E-state index contributed by atoms with van der Waals surface area (Å²) in [6, 6.07) is 2.18. The number of aliphatic hydroxyl groups is 1. The second kappa shape index (κ2) is 7.19. The standard InChI is InChI=1S/C12H18BrClN2O/c1-3-10(4-2)16(5-6-17)12-11(14)7-9(13)8-15-12/h7-8,10,17H,3-6H2,1-2H3. The van der Waals surface area contributed by atoms with Gasteiger partial charge in [-0.15, -0.1) is 0 Å². The van der Waals surface area contributed by atoms with Crippen LogP contribution < -0.4 is 4.90 Å². The molecular weight excluding hydrogens is 304 g/mol. The summed E-state index contributed by atoms with van der Waals surface area (Å²) in [5.41, 5.74) is 0. The first-order valence-corrected chi connectivity index (χ1v) is 6.99. The van der Waals surface area contributed by atoms with Gasteiger partial charge < -0.3 is 10.0 Å². The van der Waals surface area contributed by atoms with Crippen LogP contribution in [0.3, 0.4) is 0 Å². The van der Waals surface area contributed by atoms with E-state index in [0.29, 0.717) is 17.6 Å². The van der Waals surface area contributed by atoms with Crippen LogP contribution >= 0.6 is 27.5 Å². The SMILES string of the molecule is CCC(CC)N(CCO)c1ncc(Br)cc1Cl. The van der Waals surface area contributed by atoms with Gasteiger partial charge in [-0.2, -0.15) is 0 Å². The fraction of sp³-hybridized carbons (Fsp3) is 0.583. The second-order valence-corrected chi connectivity index (χ2v) is 5.17. The summed E-state index contributed by atoms with van der Waals surface area (Å²) in [5, 5.41) is 9.77. The number of nitrogens with zero attached hydrogens (tertiary/aromatic N) is 2. The molecule has 3 nitrogen and oxygen atoms in total. The zero-order chi connectivity index (χ0) is 12.8. The number of anilines is 1. The maximum atomic E-state index is 9.16. The zero-order valence-electron chi connectivity index (χ0n) is 10.2. The molecule has 5 heteroatoms. The Morgan fingerprint density at radius 2 is 2.12 bits per heavy atom. The van der Waals surface area contributed by atoms with Crippen molar-refractivity contribution >= 4 is 33.3 Å². The molecule has 17 heavy (non-hydrogen) atoms. The molecule has 0 saturated heterocycles. The third-order valence-electron chi connectivity index (χ3n) is 2.78. The van der Waals surface area contributed by atoms with Crippen LogP contribution in [0.25, 0.3) is 0 Å². The number of halogens is 2. The molecule has 0 amide bonds. The Morgan fingerprint density at radius 1 is 1.47 bits per heavy atom. The van der Waals surface area contributed by atoms with Gasteiger partial charge in [-0.05, 0) is 34.8 Å². The summed E-state index contributed by atoms with van der Waals surface area (Å²) in [4.78, 5) is 6.43. The van der Waals surface area contributed by atoms with Gasteiger partial charge in [0.05, 0.1) is 11.6 Å². The molecule has 0 aliphatic rings. The summed E-state index contributed by atoms with van der Waals surface area (Å²) in [7, 11) is 0. The first kappa shape index (κ1) is 14.7. The van der Waals surface area contributed by atoms with E-state index in [0.717, 1.165) is 23.1 Å². The van der Waals surface area contributed by atoms with E-state index >= 15 is 0 Å². The lowest BCUT2D eigenvalue weighted by Crippen LogP contribution is -2.37. The van der Waals surface area contributed by atoms with Crippen molar-refractivity contribution in [3.63, 3.8) is 0 Å². The van der Waals surface area contributed by atoms with Crippen LogP contribution in [-0.4, -0.2) is 29.3 Å². The number of hydrogen-bond acceptors (Lipinski definition) is 3. The minimum Gasteiger partial charge on any atom is -0.395 e. The lowest BCUT2D eigenvalue weighted by Gasteiger charge is -2.31. The van der Waals surface area contributed by atoms with Gasteiger partial charge >= 0.3 is 0 Å². The van der Waals surface area contributed by atoms with Gasteiger partial charge in [0, 0.05) is 23.3 Å². The molecule has 0 radical (unpaired) electrons. The van der Waals surface area contributed by atoms with Crippen LogP contribution in [0.5, 0.6) is 0 Å². The van der Waals surface area contributed by atoms with E-state index in [2.05, 4.69) is 39.7 Å². The van der Waals surface area contributed by atoms with E-state index in [4.69, 9.17) is 16.7 Å². The van der Waals surface area contributed by atoms with Gasteiger partial charge in [0.15, 0.2) is 0 Å². The zero-order valence-corrected chi connectivity index (χ0v) is 12.5. The average Bonchev–Trinajstić information content (AvgIpc) is 2.30. The van der Waals surface area contributed by atoms with Crippen molar-refractivity contribution in [3.8, 4) is 0 Å². The largest absolute Gasteiger partial charge is 0.395 e. The first-order valence-electron chi connectivity index (χ1n) is 5.82. The second-order valence-electron chi connectivity index (χ2n) is 3.85. The van der Waals surface area contributed by atoms with Crippen LogP contribution in [-0.2, 0) is 0 Å². The highest BCUT2D eigenvalue weighted by Crippen LogP contribution is 2.28. The van der Waals surface area contributed by atoms with E-state index in [1.165, 1.54) is 0 Å². The molecule has 96 valence electrons.